The largest absolute Gasteiger partial charge is 1.00 e. The summed E-state index contributed by atoms with van der Waals surface area (Å²) in [5.41, 5.74) is 2.56. The van der Waals surface area contributed by atoms with Crippen molar-refractivity contribution >= 4 is 0 Å². The van der Waals surface area contributed by atoms with Crippen LogP contribution in [0.25, 0.3) is 11.1 Å². The number of unbranched alkanes of at least 4 members (excludes halogenated alkanes) is 6. The molecule has 4 heteroatoms. The van der Waals surface area contributed by atoms with E-state index in [0.29, 0.717) is 6.10 Å². The van der Waals surface area contributed by atoms with Gasteiger partial charge < -0.3 is 21.9 Å². The van der Waals surface area contributed by atoms with Gasteiger partial charge in [0.25, 0.3) is 0 Å². The molecule has 0 saturated carbocycles. The molecule has 0 amide bonds. The van der Waals surface area contributed by atoms with Crippen LogP contribution in [0.5, 0.6) is 0 Å². The summed E-state index contributed by atoms with van der Waals surface area (Å²) in [7, 11) is 0. The molecule has 2 aromatic rings. The first-order chi connectivity index (χ1) is 14.8. The van der Waals surface area contributed by atoms with Crippen molar-refractivity contribution in [3.05, 3.63) is 54.9 Å². The van der Waals surface area contributed by atoms with Crippen molar-refractivity contribution in [1.82, 2.24) is 0 Å². The summed E-state index contributed by atoms with van der Waals surface area (Å²) in [5.74, 6) is 0. The van der Waals surface area contributed by atoms with E-state index in [0.717, 1.165) is 26.0 Å². The highest BCUT2D eigenvalue weighted by atomic mass is 35.5. The van der Waals surface area contributed by atoms with Gasteiger partial charge >= 0.3 is 0 Å². The summed E-state index contributed by atoms with van der Waals surface area (Å²) in [5, 5.41) is 0. The van der Waals surface area contributed by atoms with Gasteiger partial charge in [0.15, 0.2) is 18.7 Å². The predicted molar refractivity (Wildman–Crippen MR) is 123 cm³/mol. The van der Waals surface area contributed by atoms with Gasteiger partial charge in [-0.05, 0) is 36.8 Å². The molecule has 172 valence electrons. The molecule has 1 aliphatic heterocycles. The van der Waals surface area contributed by atoms with Crippen LogP contribution in [0.1, 0.15) is 77.6 Å². The van der Waals surface area contributed by atoms with E-state index in [-0.39, 0.29) is 18.7 Å². The molecule has 2 unspecified atom stereocenters. The van der Waals surface area contributed by atoms with E-state index < -0.39 is 0 Å². The van der Waals surface area contributed by atoms with Crippen LogP contribution in [0.4, 0.5) is 0 Å². The molecule has 0 N–H and O–H groups in total. The minimum atomic E-state index is 0. The van der Waals surface area contributed by atoms with E-state index in [4.69, 9.17) is 9.47 Å². The van der Waals surface area contributed by atoms with Crippen LogP contribution in [0.2, 0.25) is 0 Å². The van der Waals surface area contributed by atoms with Crippen LogP contribution in [0, 0.1) is 0 Å². The molecule has 0 aliphatic carbocycles. The Morgan fingerprint density at radius 3 is 2.32 bits per heavy atom. The molecule has 1 aliphatic rings. The first kappa shape index (κ1) is 25.8. The Morgan fingerprint density at radius 1 is 0.839 bits per heavy atom. The normalized spacial score (nSPS) is 18.1. The number of ether oxygens (including phenoxy) is 2. The predicted octanol–water partition coefficient (Wildman–Crippen LogP) is 3.70. The van der Waals surface area contributed by atoms with Crippen molar-refractivity contribution in [2.75, 3.05) is 6.61 Å². The molecule has 31 heavy (non-hydrogen) atoms. The molecular weight excluding hydrogens is 406 g/mol. The van der Waals surface area contributed by atoms with Crippen molar-refractivity contribution in [1.29, 1.82) is 0 Å². The average Bonchev–Trinajstić information content (AvgIpc) is 3.25. The van der Waals surface area contributed by atoms with E-state index >= 15 is 0 Å². The van der Waals surface area contributed by atoms with Crippen molar-refractivity contribution in [2.45, 2.75) is 96.5 Å². The van der Waals surface area contributed by atoms with E-state index in [1.807, 2.05) is 0 Å². The third-order valence-corrected chi connectivity index (χ3v) is 6.06. The Morgan fingerprint density at radius 2 is 1.55 bits per heavy atom. The Bertz CT molecular complexity index is 692. The standard InChI is InChI=1S/C27H40NO2.ClH/c1-2-3-4-10-15-26-16-17-27(30-26)29-23-12-6-5-11-20-28-21-18-25(19-22-28)24-13-8-7-9-14-24;/h7-9,13-14,18-19,21-22,26-27H,2-6,10-12,15-17,20,23H2,1H3;1H/q+1;/p-1. The van der Waals surface area contributed by atoms with Gasteiger partial charge in [0.05, 0.1) is 6.10 Å². The smallest absolute Gasteiger partial charge is 0.169 e. The molecule has 0 radical (unpaired) electrons. The number of aromatic nitrogens is 1. The summed E-state index contributed by atoms with van der Waals surface area (Å²) >= 11 is 0. The van der Waals surface area contributed by atoms with Crippen molar-refractivity contribution in [3.63, 3.8) is 0 Å². The topological polar surface area (TPSA) is 22.3 Å². The molecule has 1 fully saturated rings. The highest BCUT2D eigenvalue weighted by Gasteiger charge is 2.24. The Balaban J connectivity index is 0.00000341. The molecule has 1 aromatic heterocycles. The molecule has 1 aromatic carbocycles. The SMILES string of the molecule is CCCCCCC1CCC(OCCCCCC[n+]2ccc(-c3ccccc3)cc2)O1.[Cl-]. The van der Waals surface area contributed by atoms with Gasteiger partial charge in [-0.1, -0.05) is 69.4 Å². The zero-order chi connectivity index (χ0) is 20.9. The van der Waals surface area contributed by atoms with Crippen molar-refractivity contribution in [2.24, 2.45) is 0 Å². The van der Waals surface area contributed by atoms with E-state index in [2.05, 4.69) is 66.3 Å². The quantitative estimate of drug-likeness (QED) is 0.327. The van der Waals surface area contributed by atoms with Crippen LogP contribution >= 0.6 is 0 Å². The maximum Gasteiger partial charge on any atom is 0.169 e. The second-order valence-electron chi connectivity index (χ2n) is 8.59. The zero-order valence-corrected chi connectivity index (χ0v) is 19.9. The lowest BCUT2D eigenvalue weighted by atomic mass is 10.1. The number of nitrogens with zero attached hydrogens (tertiary/aromatic N) is 1. The van der Waals surface area contributed by atoms with Gasteiger partial charge in [0.1, 0.15) is 6.54 Å². The fourth-order valence-electron chi connectivity index (χ4n) is 4.20. The number of aryl methyl sites for hydroxylation is 1. The summed E-state index contributed by atoms with van der Waals surface area (Å²) in [6, 6.07) is 15.0. The van der Waals surface area contributed by atoms with Crippen LogP contribution in [0.3, 0.4) is 0 Å². The first-order valence-electron chi connectivity index (χ1n) is 12.2. The number of benzene rings is 1. The maximum absolute atomic E-state index is 6.04. The van der Waals surface area contributed by atoms with Crippen molar-refractivity contribution in [3.8, 4) is 11.1 Å². The Kier molecular flexibility index (Phi) is 12.8. The number of hydrogen-bond donors (Lipinski definition) is 0. The van der Waals surface area contributed by atoms with E-state index in [1.165, 1.54) is 68.9 Å². The van der Waals surface area contributed by atoms with E-state index in [9.17, 15) is 0 Å². The van der Waals surface area contributed by atoms with Crippen LogP contribution < -0.4 is 17.0 Å². The molecule has 0 bridgehead atoms. The van der Waals surface area contributed by atoms with Gasteiger partial charge in [0, 0.05) is 31.6 Å². The molecule has 1 saturated heterocycles. The highest BCUT2D eigenvalue weighted by molar-refractivity contribution is 5.61. The molecular formula is C27H40ClNO2. The minimum absolute atomic E-state index is 0. The van der Waals surface area contributed by atoms with Gasteiger partial charge in [-0.15, -0.1) is 0 Å². The fraction of sp³-hybridized carbons (Fsp3) is 0.593. The molecule has 0 spiro atoms. The first-order valence-corrected chi connectivity index (χ1v) is 12.2. The summed E-state index contributed by atoms with van der Waals surface area (Å²) < 4.78 is 14.3. The third kappa shape index (κ3) is 9.72. The molecule has 2 heterocycles. The minimum Gasteiger partial charge on any atom is -1.00 e. The molecule has 3 rings (SSSR count). The lowest BCUT2D eigenvalue weighted by Gasteiger charge is -2.14. The van der Waals surface area contributed by atoms with Crippen LogP contribution in [-0.2, 0) is 16.0 Å². The number of rotatable bonds is 14. The summed E-state index contributed by atoms with van der Waals surface area (Å²) in [4.78, 5) is 0. The van der Waals surface area contributed by atoms with E-state index in [1.54, 1.807) is 0 Å². The zero-order valence-electron chi connectivity index (χ0n) is 19.2. The van der Waals surface area contributed by atoms with Gasteiger partial charge in [-0.3, -0.25) is 0 Å². The Hall–Kier alpha value is -1.42. The summed E-state index contributed by atoms with van der Waals surface area (Å²) in [6.45, 7) is 4.19. The Labute approximate surface area is 195 Å². The van der Waals surface area contributed by atoms with Crippen LogP contribution in [-0.4, -0.2) is 19.0 Å². The molecule has 2 atom stereocenters. The second-order valence-corrected chi connectivity index (χ2v) is 8.59. The number of halogens is 1. The van der Waals surface area contributed by atoms with Gasteiger partial charge in [0.2, 0.25) is 0 Å². The average molecular weight is 446 g/mol. The lowest BCUT2D eigenvalue weighted by molar-refractivity contribution is -0.697. The lowest BCUT2D eigenvalue weighted by Crippen LogP contribution is -3.00. The highest BCUT2D eigenvalue weighted by Crippen LogP contribution is 2.25. The number of hydrogen-bond acceptors (Lipinski definition) is 2. The van der Waals surface area contributed by atoms with Crippen molar-refractivity contribution < 1.29 is 26.4 Å². The van der Waals surface area contributed by atoms with Crippen LogP contribution in [0.15, 0.2) is 54.9 Å². The third-order valence-electron chi connectivity index (χ3n) is 6.06. The fourth-order valence-corrected chi connectivity index (χ4v) is 4.20. The monoisotopic (exact) mass is 445 g/mol. The maximum atomic E-state index is 6.04. The molecule has 3 nitrogen and oxygen atoms in total. The summed E-state index contributed by atoms with van der Waals surface area (Å²) in [6.07, 6.45) is 18.5. The van der Waals surface area contributed by atoms with Gasteiger partial charge in [-0.2, -0.15) is 0 Å². The second kappa shape index (κ2) is 15.4. The van der Waals surface area contributed by atoms with Gasteiger partial charge in [-0.25, -0.2) is 4.57 Å². The number of pyridine rings is 1.